The number of nitrogens with two attached hydrogens (primary N) is 1. The maximum atomic E-state index is 11.0. The summed E-state index contributed by atoms with van der Waals surface area (Å²) >= 11 is 0. The van der Waals surface area contributed by atoms with Crippen molar-refractivity contribution in [3.63, 3.8) is 0 Å². The van der Waals surface area contributed by atoms with Gasteiger partial charge in [0.15, 0.2) is 0 Å². The molecule has 0 aliphatic carbocycles. The van der Waals surface area contributed by atoms with Crippen LogP contribution in [0.5, 0.6) is 17.2 Å². The lowest BCUT2D eigenvalue weighted by Crippen LogP contribution is -2.32. The monoisotopic (exact) mass is 357 g/mol. The summed E-state index contributed by atoms with van der Waals surface area (Å²) in [4.78, 5) is 11.0. The molecule has 0 aliphatic rings. The van der Waals surface area contributed by atoms with Crippen LogP contribution in [0.25, 0.3) is 0 Å². The Labute approximate surface area is 154 Å². The standard InChI is InChI=1S/C21H27NO4/c1-5-15-10-17(11-16(6-2)19(15)23)26-20-12(3)7-14(8-13(20)4)9-18(22)21(24)25/h7-8,10-11,18,23H,5-6,9,22H2,1-4H3,(H,24,25). The predicted molar refractivity (Wildman–Crippen MR) is 102 cm³/mol. The van der Waals surface area contributed by atoms with Crippen LogP contribution in [0.2, 0.25) is 0 Å². The Kier molecular flexibility index (Phi) is 6.27. The number of phenols is 1. The normalized spacial score (nSPS) is 12.0. The lowest BCUT2D eigenvalue weighted by molar-refractivity contribution is -0.138. The van der Waals surface area contributed by atoms with Gasteiger partial charge in [-0.15, -0.1) is 0 Å². The van der Waals surface area contributed by atoms with Gasteiger partial charge in [0.1, 0.15) is 23.3 Å². The Morgan fingerprint density at radius 2 is 1.58 bits per heavy atom. The van der Waals surface area contributed by atoms with E-state index in [1.54, 1.807) is 0 Å². The molecule has 0 spiro atoms. The van der Waals surface area contributed by atoms with Crippen molar-refractivity contribution in [1.29, 1.82) is 0 Å². The molecule has 0 fully saturated rings. The van der Waals surface area contributed by atoms with Crippen LogP contribution in [0, 0.1) is 13.8 Å². The van der Waals surface area contributed by atoms with Gasteiger partial charge in [0.25, 0.3) is 0 Å². The minimum Gasteiger partial charge on any atom is -0.507 e. The fourth-order valence-electron chi connectivity index (χ4n) is 3.10. The molecule has 0 amide bonds. The molecule has 0 heterocycles. The van der Waals surface area contributed by atoms with E-state index in [-0.39, 0.29) is 6.42 Å². The molecule has 26 heavy (non-hydrogen) atoms. The molecule has 5 nitrogen and oxygen atoms in total. The van der Waals surface area contributed by atoms with E-state index >= 15 is 0 Å². The molecule has 4 N–H and O–H groups in total. The highest BCUT2D eigenvalue weighted by atomic mass is 16.5. The van der Waals surface area contributed by atoms with Gasteiger partial charge < -0.3 is 20.7 Å². The van der Waals surface area contributed by atoms with Gasteiger partial charge in [0, 0.05) is 0 Å². The second kappa shape index (κ2) is 8.23. The Balaban J connectivity index is 2.34. The summed E-state index contributed by atoms with van der Waals surface area (Å²) in [5.74, 6) is 0.767. The highest BCUT2D eigenvalue weighted by Gasteiger charge is 2.16. The third-order valence-corrected chi connectivity index (χ3v) is 4.52. The largest absolute Gasteiger partial charge is 0.507 e. The first-order chi connectivity index (χ1) is 12.3. The summed E-state index contributed by atoms with van der Waals surface area (Å²) < 4.78 is 6.13. The van der Waals surface area contributed by atoms with Crippen LogP contribution in [-0.4, -0.2) is 22.2 Å². The van der Waals surface area contributed by atoms with E-state index in [4.69, 9.17) is 15.6 Å². The smallest absolute Gasteiger partial charge is 0.320 e. The minimum absolute atomic E-state index is 0.274. The van der Waals surface area contributed by atoms with Crippen molar-refractivity contribution >= 4 is 5.97 Å². The molecule has 1 unspecified atom stereocenters. The summed E-state index contributed by atoms with van der Waals surface area (Å²) in [7, 11) is 0. The number of carboxylic acid groups (broad SMARTS) is 1. The van der Waals surface area contributed by atoms with E-state index in [1.807, 2.05) is 52.0 Å². The molecule has 5 heteroatoms. The van der Waals surface area contributed by atoms with Crippen LogP contribution in [0.15, 0.2) is 24.3 Å². The maximum absolute atomic E-state index is 11.0. The van der Waals surface area contributed by atoms with E-state index < -0.39 is 12.0 Å². The summed E-state index contributed by atoms with van der Waals surface area (Å²) in [6.45, 7) is 7.85. The third kappa shape index (κ3) is 4.35. The second-order valence-electron chi connectivity index (χ2n) is 6.61. The van der Waals surface area contributed by atoms with Crippen LogP contribution >= 0.6 is 0 Å². The molecule has 0 aliphatic heterocycles. The zero-order valence-corrected chi connectivity index (χ0v) is 15.8. The van der Waals surface area contributed by atoms with Crippen LogP contribution < -0.4 is 10.5 Å². The summed E-state index contributed by atoms with van der Waals surface area (Å²) in [5.41, 5.74) is 10.1. The summed E-state index contributed by atoms with van der Waals surface area (Å²) in [5, 5.41) is 19.2. The van der Waals surface area contributed by atoms with Gasteiger partial charge in [-0.2, -0.15) is 0 Å². The number of carboxylic acids is 1. The lowest BCUT2D eigenvalue weighted by Gasteiger charge is -2.17. The zero-order chi connectivity index (χ0) is 19.4. The molecule has 140 valence electrons. The number of aromatic hydroxyl groups is 1. The number of hydrogen-bond donors (Lipinski definition) is 3. The van der Waals surface area contributed by atoms with Crippen molar-refractivity contribution in [2.24, 2.45) is 5.73 Å². The molecule has 2 aromatic rings. The highest BCUT2D eigenvalue weighted by molar-refractivity contribution is 5.73. The number of aryl methyl sites for hydroxylation is 4. The van der Waals surface area contributed by atoms with Crippen LogP contribution in [0.3, 0.4) is 0 Å². The number of ether oxygens (including phenoxy) is 1. The topological polar surface area (TPSA) is 92.8 Å². The van der Waals surface area contributed by atoms with E-state index in [0.717, 1.165) is 46.4 Å². The molecule has 0 radical (unpaired) electrons. The summed E-state index contributed by atoms with van der Waals surface area (Å²) in [6.07, 6.45) is 1.72. The molecular formula is C21H27NO4. The third-order valence-electron chi connectivity index (χ3n) is 4.52. The number of carbonyl (C=O) groups is 1. The molecule has 0 aromatic heterocycles. The van der Waals surface area contributed by atoms with E-state index in [0.29, 0.717) is 11.5 Å². The Bertz CT molecular complexity index is 766. The Morgan fingerprint density at radius 3 is 2.00 bits per heavy atom. The predicted octanol–water partition coefficient (Wildman–Crippen LogP) is 3.88. The Morgan fingerprint density at radius 1 is 1.08 bits per heavy atom. The number of aliphatic carboxylic acids is 1. The van der Waals surface area contributed by atoms with Crippen molar-refractivity contribution in [3.05, 3.63) is 52.1 Å². The van der Waals surface area contributed by atoms with Gasteiger partial charge in [-0.1, -0.05) is 26.0 Å². The molecular weight excluding hydrogens is 330 g/mol. The molecule has 0 saturated carbocycles. The highest BCUT2D eigenvalue weighted by Crippen LogP contribution is 2.35. The van der Waals surface area contributed by atoms with E-state index in [9.17, 15) is 9.90 Å². The van der Waals surface area contributed by atoms with Crippen molar-refractivity contribution in [3.8, 4) is 17.2 Å². The van der Waals surface area contributed by atoms with Crippen molar-refractivity contribution in [2.45, 2.75) is 53.0 Å². The number of phenolic OH excluding ortho intramolecular Hbond substituents is 1. The number of benzene rings is 2. The Hall–Kier alpha value is -2.53. The fourth-order valence-corrected chi connectivity index (χ4v) is 3.10. The van der Waals surface area contributed by atoms with Crippen LogP contribution in [0.1, 0.15) is 41.7 Å². The summed E-state index contributed by atoms with van der Waals surface area (Å²) in [6, 6.07) is 6.63. The first-order valence-electron chi connectivity index (χ1n) is 8.87. The van der Waals surface area contributed by atoms with Gasteiger partial charge in [-0.25, -0.2) is 0 Å². The number of hydrogen-bond acceptors (Lipinski definition) is 4. The average Bonchev–Trinajstić information content (AvgIpc) is 2.59. The van der Waals surface area contributed by atoms with E-state index in [1.165, 1.54) is 0 Å². The fraction of sp³-hybridized carbons (Fsp3) is 0.381. The van der Waals surface area contributed by atoms with Crippen LogP contribution in [-0.2, 0) is 24.1 Å². The van der Waals surface area contributed by atoms with E-state index in [2.05, 4.69) is 0 Å². The first-order valence-corrected chi connectivity index (χ1v) is 8.87. The SMILES string of the molecule is CCc1cc(Oc2c(C)cc(CC(N)C(=O)O)cc2C)cc(CC)c1O. The van der Waals surface area contributed by atoms with Crippen molar-refractivity contribution in [2.75, 3.05) is 0 Å². The van der Waals surface area contributed by atoms with Crippen molar-refractivity contribution in [1.82, 2.24) is 0 Å². The van der Waals surface area contributed by atoms with Gasteiger partial charge in [0.05, 0.1) is 0 Å². The molecule has 0 bridgehead atoms. The van der Waals surface area contributed by atoms with Gasteiger partial charge in [0.2, 0.25) is 0 Å². The van der Waals surface area contributed by atoms with Gasteiger partial charge >= 0.3 is 5.97 Å². The molecule has 1 atom stereocenters. The van der Waals surface area contributed by atoms with Crippen LogP contribution in [0.4, 0.5) is 0 Å². The molecule has 2 aromatic carbocycles. The maximum Gasteiger partial charge on any atom is 0.320 e. The first kappa shape index (κ1) is 19.8. The quantitative estimate of drug-likeness (QED) is 0.699. The van der Waals surface area contributed by atoms with Gasteiger partial charge in [-0.05, 0) is 73.1 Å². The lowest BCUT2D eigenvalue weighted by atomic mass is 10.00. The van der Waals surface area contributed by atoms with Gasteiger partial charge in [-0.3, -0.25) is 4.79 Å². The number of rotatable bonds is 7. The molecule has 0 saturated heterocycles. The zero-order valence-electron chi connectivity index (χ0n) is 15.8. The van der Waals surface area contributed by atoms with Crippen molar-refractivity contribution < 1.29 is 19.7 Å². The average molecular weight is 357 g/mol. The minimum atomic E-state index is -1.01. The molecule has 2 rings (SSSR count). The second-order valence-corrected chi connectivity index (χ2v) is 6.61.